The first-order chi connectivity index (χ1) is 5.16. The third-order valence-corrected chi connectivity index (χ3v) is 2.18. The fourth-order valence-electron chi connectivity index (χ4n) is 1.28. The number of hydrogen-bond donors (Lipinski definition) is 3. The molecule has 1 aliphatic rings. The zero-order valence-electron chi connectivity index (χ0n) is 7.39. The minimum absolute atomic E-state index is 0.333. The Hall–Kier alpha value is -0.540. The Morgan fingerprint density at radius 1 is 1.45 bits per heavy atom. The van der Waals surface area contributed by atoms with Gasteiger partial charge in [0.15, 0.2) is 0 Å². The fraction of sp³-hybridized carbons (Fsp3) is 0.750. The van der Waals surface area contributed by atoms with Crippen molar-refractivity contribution in [2.24, 2.45) is 11.7 Å². The molecule has 0 saturated carbocycles. The molecule has 1 saturated heterocycles. The molecule has 64 valence electrons. The highest BCUT2D eigenvalue weighted by molar-refractivity contribution is 5.13. The topological polar surface area (TPSA) is 50.1 Å². The zero-order valence-corrected chi connectivity index (χ0v) is 7.39. The normalized spacial score (nSPS) is 32.2. The van der Waals surface area contributed by atoms with Crippen LogP contribution < -0.4 is 16.6 Å². The molecule has 1 aliphatic heterocycles. The van der Waals surface area contributed by atoms with Gasteiger partial charge in [0.25, 0.3) is 0 Å². The van der Waals surface area contributed by atoms with Crippen LogP contribution in [0.15, 0.2) is 11.8 Å². The van der Waals surface area contributed by atoms with Gasteiger partial charge in [-0.1, -0.05) is 19.9 Å². The molecule has 1 fully saturated rings. The second-order valence-corrected chi connectivity index (χ2v) is 3.32. The van der Waals surface area contributed by atoms with Gasteiger partial charge in [0, 0.05) is 11.7 Å². The predicted octanol–water partition coefficient (Wildman–Crippen LogP) is 0.350. The van der Waals surface area contributed by atoms with Gasteiger partial charge in [0.2, 0.25) is 0 Å². The van der Waals surface area contributed by atoms with Crippen molar-refractivity contribution in [3.63, 3.8) is 0 Å². The molecule has 0 aromatic carbocycles. The van der Waals surface area contributed by atoms with Crippen LogP contribution in [0.4, 0.5) is 0 Å². The van der Waals surface area contributed by atoms with Gasteiger partial charge < -0.3 is 5.73 Å². The molecule has 4 N–H and O–H groups in total. The van der Waals surface area contributed by atoms with Crippen LogP contribution in [0.25, 0.3) is 0 Å². The van der Waals surface area contributed by atoms with Gasteiger partial charge in [-0.05, 0) is 12.8 Å². The molecule has 0 aliphatic carbocycles. The third-order valence-electron chi connectivity index (χ3n) is 2.18. The monoisotopic (exact) mass is 155 g/mol. The number of hydrogen-bond acceptors (Lipinski definition) is 3. The second kappa shape index (κ2) is 3.24. The molecule has 1 rings (SSSR count). The highest BCUT2D eigenvalue weighted by atomic mass is 15.5. The molecule has 0 amide bonds. The van der Waals surface area contributed by atoms with Crippen molar-refractivity contribution in [2.45, 2.75) is 32.9 Å². The minimum atomic E-state index is 0.333. The van der Waals surface area contributed by atoms with E-state index in [1.807, 2.05) is 13.0 Å². The molecule has 1 unspecified atom stereocenters. The molecular weight excluding hydrogens is 138 g/mol. The summed E-state index contributed by atoms with van der Waals surface area (Å²) in [6.45, 7) is 6.34. The van der Waals surface area contributed by atoms with Crippen molar-refractivity contribution < 1.29 is 0 Å². The van der Waals surface area contributed by atoms with Crippen molar-refractivity contribution in [1.29, 1.82) is 0 Å². The minimum Gasteiger partial charge on any atom is -0.401 e. The third kappa shape index (κ3) is 1.54. The van der Waals surface area contributed by atoms with Crippen LogP contribution in [-0.4, -0.2) is 12.1 Å². The molecule has 3 heteroatoms. The van der Waals surface area contributed by atoms with Crippen LogP contribution in [0.2, 0.25) is 0 Å². The van der Waals surface area contributed by atoms with E-state index in [1.165, 1.54) is 0 Å². The fourth-order valence-corrected chi connectivity index (χ4v) is 1.28. The molecule has 0 bridgehead atoms. The molecule has 0 aromatic heterocycles. The maximum Gasteiger partial charge on any atom is 0.0772 e. The summed E-state index contributed by atoms with van der Waals surface area (Å²) in [5.41, 5.74) is 12.9. The van der Waals surface area contributed by atoms with Crippen LogP contribution in [-0.2, 0) is 0 Å². The average molecular weight is 155 g/mol. The predicted molar refractivity (Wildman–Crippen MR) is 46.6 cm³/mol. The van der Waals surface area contributed by atoms with Crippen LogP contribution >= 0.6 is 0 Å². The summed E-state index contributed by atoms with van der Waals surface area (Å²) >= 11 is 0. The standard InChI is InChI=1S/C8H17N3/c1-4-6(9)8-7(5(2)3)10-11-8/h4-5,7-8,10-11H,9H2,1-3H3/b6-4+/t7-,8?/m1/s1. The number of rotatable bonds is 2. The number of hydrazine groups is 1. The van der Waals surface area contributed by atoms with E-state index in [4.69, 9.17) is 5.73 Å². The van der Waals surface area contributed by atoms with Crippen molar-refractivity contribution in [3.8, 4) is 0 Å². The summed E-state index contributed by atoms with van der Waals surface area (Å²) in [6.07, 6.45) is 1.95. The summed E-state index contributed by atoms with van der Waals surface area (Å²) in [5.74, 6) is 0.625. The van der Waals surface area contributed by atoms with Crippen molar-refractivity contribution in [1.82, 2.24) is 10.9 Å². The first kappa shape index (κ1) is 8.56. The molecule has 0 radical (unpaired) electrons. The Morgan fingerprint density at radius 3 is 2.36 bits per heavy atom. The molecule has 11 heavy (non-hydrogen) atoms. The Morgan fingerprint density at radius 2 is 2.09 bits per heavy atom. The van der Waals surface area contributed by atoms with Crippen molar-refractivity contribution >= 4 is 0 Å². The van der Waals surface area contributed by atoms with Crippen LogP contribution in [0.5, 0.6) is 0 Å². The van der Waals surface area contributed by atoms with Crippen molar-refractivity contribution in [3.05, 3.63) is 11.8 Å². The quantitative estimate of drug-likeness (QED) is 0.539. The summed E-state index contributed by atoms with van der Waals surface area (Å²) in [4.78, 5) is 0. The lowest BCUT2D eigenvalue weighted by atomic mass is 9.92. The first-order valence-electron chi connectivity index (χ1n) is 4.09. The number of nitrogens with two attached hydrogens (primary N) is 1. The molecule has 1 heterocycles. The van der Waals surface area contributed by atoms with E-state index >= 15 is 0 Å². The lowest BCUT2D eigenvalue weighted by Gasteiger charge is -2.42. The SMILES string of the molecule is C/C=C(/N)C1NN[C@@H]1C(C)C. The smallest absolute Gasteiger partial charge is 0.0772 e. The van der Waals surface area contributed by atoms with Crippen LogP contribution in [0, 0.1) is 5.92 Å². The van der Waals surface area contributed by atoms with E-state index in [0.717, 1.165) is 5.70 Å². The Kier molecular flexibility index (Phi) is 2.52. The maximum absolute atomic E-state index is 5.77. The number of allylic oxidation sites excluding steroid dienone is 1. The molecule has 0 spiro atoms. The Balaban J connectivity index is 2.49. The largest absolute Gasteiger partial charge is 0.401 e. The van der Waals surface area contributed by atoms with Gasteiger partial charge in [0.1, 0.15) is 0 Å². The van der Waals surface area contributed by atoms with Crippen molar-refractivity contribution in [2.75, 3.05) is 0 Å². The van der Waals surface area contributed by atoms with E-state index in [9.17, 15) is 0 Å². The van der Waals surface area contributed by atoms with Gasteiger partial charge in [-0.2, -0.15) is 0 Å². The van der Waals surface area contributed by atoms with Gasteiger partial charge in [0.05, 0.1) is 6.04 Å². The summed E-state index contributed by atoms with van der Waals surface area (Å²) < 4.78 is 0. The van der Waals surface area contributed by atoms with Gasteiger partial charge >= 0.3 is 0 Å². The van der Waals surface area contributed by atoms with E-state index in [0.29, 0.717) is 18.0 Å². The van der Waals surface area contributed by atoms with Gasteiger partial charge in [-0.15, -0.1) is 0 Å². The highest BCUT2D eigenvalue weighted by Crippen LogP contribution is 2.15. The van der Waals surface area contributed by atoms with Crippen LogP contribution in [0.3, 0.4) is 0 Å². The van der Waals surface area contributed by atoms with E-state index < -0.39 is 0 Å². The molecule has 2 atom stereocenters. The molecular formula is C8H17N3. The Bertz CT molecular complexity index is 163. The van der Waals surface area contributed by atoms with Crippen LogP contribution in [0.1, 0.15) is 20.8 Å². The lowest BCUT2D eigenvalue weighted by Crippen LogP contribution is -2.70. The summed E-state index contributed by atoms with van der Waals surface area (Å²) in [6, 6.07) is 0.825. The molecule has 3 nitrogen and oxygen atoms in total. The first-order valence-corrected chi connectivity index (χ1v) is 4.09. The summed E-state index contributed by atoms with van der Waals surface area (Å²) in [5, 5.41) is 0. The number of nitrogens with one attached hydrogen (secondary N) is 2. The van der Waals surface area contributed by atoms with E-state index in [1.54, 1.807) is 0 Å². The molecule has 0 aromatic rings. The lowest BCUT2D eigenvalue weighted by molar-refractivity contribution is 0.176. The Labute approximate surface area is 68.0 Å². The maximum atomic E-state index is 5.77. The average Bonchev–Trinajstić information content (AvgIpc) is 1.83. The van der Waals surface area contributed by atoms with Gasteiger partial charge in [-0.3, -0.25) is 5.43 Å². The second-order valence-electron chi connectivity index (χ2n) is 3.32. The highest BCUT2D eigenvalue weighted by Gasteiger charge is 2.33. The zero-order chi connectivity index (χ0) is 8.43. The summed E-state index contributed by atoms with van der Waals surface area (Å²) in [7, 11) is 0. The van der Waals surface area contributed by atoms with E-state index in [2.05, 4.69) is 24.7 Å². The van der Waals surface area contributed by atoms with E-state index in [-0.39, 0.29) is 0 Å². The van der Waals surface area contributed by atoms with Gasteiger partial charge in [-0.25, -0.2) is 5.43 Å².